The highest BCUT2D eigenvalue weighted by atomic mass is 14.4. The van der Waals surface area contributed by atoms with Crippen molar-refractivity contribution in [3.63, 3.8) is 0 Å². The molecule has 0 saturated carbocycles. The minimum Gasteiger partial charge on any atom is -0.0622 e. The first-order chi connectivity index (χ1) is 27.3. The Hall–Kier alpha value is -6.50. The minimum atomic E-state index is -0.139. The van der Waals surface area contributed by atoms with Crippen molar-refractivity contribution in [2.75, 3.05) is 0 Å². The maximum Gasteiger partial charge on any atom is 0.0159 e. The second-order valence-electron chi connectivity index (χ2n) is 16.9. The fraction of sp³-hybridized carbons (Fsp3) is 0.107. The van der Waals surface area contributed by atoms with Gasteiger partial charge in [-0.1, -0.05) is 185 Å². The quantitative estimate of drug-likeness (QED) is 0.159. The molecule has 9 aromatic carbocycles. The maximum absolute atomic E-state index is 2.46. The summed E-state index contributed by atoms with van der Waals surface area (Å²) in [5.74, 6) is 0. The maximum atomic E-state index is 2.46. The molecule has 0 heteroatoms. The zero-order valence-corrected chi connectivity index (χ0v) is 32.3. The van der Waals surface area contributed by atoms with Crippen LogP contribution in [0.4, 0.5) is 0 Å². The van der Waals surface area contributed by atoms with E-state index < -0.39 is 0 Å². The van der Waals surface area contributed by atoms with Crippen LogP contribution in [-0.2, 0) is 10.8 Å². The molecule has 9 aromatic rings. The molecule has 0 amide bonds. The van der Waals surface area contributed by atoms with Crippen molar-refractivity contribution in [3.8, 4) is 66.8 Å². The fourth-order valence-corrected chi connectivity index (χ4v) is 10.2. The second kappa shape index (κ2) is 12.0. The Morgan fingerprint density at radius 1 is 0.250 bits per heavy atom. The van der Waals surface area contributed by atoms with E-state index >= 15 is 0 Å². The minimum absolute atomic E-state index is 0.0202. The lowest BCUT2D eigenvalue weighted by Gasteiger charge is -2.23. The third-order valence-electron chi connectivity index (χ3n) is 13.1. The first-order valence-corrected chi connectivity index (χ1v) is 19.9. The summed E-state index contributed by atoms with van der Waals surface area (Å²) in [7, 11) is 0. The third-order valence-corrected chi connectivity index (χ3v) is 13.1. The molecule has 0 fully saturated rings. The van der Waals surface area contributed by atoms with Crippen LogP contribution in [0.5, 0.6) is 0 Å². The van der Waals surface area contributed by atoms with Gasteiger partial charge in [0.05, 0.1) is 0 Å². The van der Waals surface area contributed by atoms with Gasteiger partial charge < -0.3 is 0 Å². The molecule has 0 spiro atoms. The van der Waals surface area contributed by atoms with Crippen molar-refractivity contribution in [1.29, 1.82) is 0 Å². The number of hydrogen-bond acceptors (Lipinski definition) is 0. The zero-order chi connectivity index (χ0) is 37.8. The Kier molecular flexibility index (Phi) is 7.05. The van der Waals surface area contributed by atoms with Crippen molar-refractivity contribution in [2.24, 2.45) is 0 Å². The lowest BCUT2D eigenvalue weighted by molar-refractivity contribution is 0.659. The molecule has 0 aliphatic heterocycles. The van der Waals surface area contributed by atoms with Gasteiger partial charge >= 0.3 is 0 Å². The van der Waals surface area contributed by atoms with Crippen molar-refractivity contribution in [2.45, 2.75) is 38.5 Å². The standard InChI is InChI=1S/C56H42/c1-55(2)49-24-13-12-19-41(49)42-28-26-38(33-50(42)55)39-27-30-44-43-29-25-37(32-51(43)56(3,4)52(44)34-39)36-17-14-18-40(31-36)54-47-22-10-8-20-45(47)53(35-15-6-5-7-16-35)46-21-9-11-23-48(46)54/h5-34H,1-4H3. The topological polar surface area (TPSA) is 0 Å². The molecular weight excluding hydrogens is 673 g/mol. The summed E-state index contributed by atoms with van der Waals surface area (Å²) in [6.07, 6.45) is 0. The SMILES string of the molecule is CC1(C)c2ccccc2-c2ccc(-c3ccc4c(c3)C(C)(C)c3cc(-c5cccc(-c6c7ccccc7c(-c7ccccc7)c7ccccc67)c5)ccc3-4)cc21. The van der Waals surface area contributed by atoms with E-state index in [1.54, 1.807) is 0 Å². The van der Waals surface area contributed by atoms with Crippen LogP contribution in [0.15, 0.2) is 182 Å². The number of fused-ring (bicyclic) bond motifs is 8. The molecule has 2 aliphatic rings. The second-order valence-corrected chi connectivity index (χ2v) is 16.9. The molecule has 0 N–H and O–H groups in total. The highest BCUT2D eigenvalue weighted by molar-refractivity contribution is 6.21. The third kappa shape index (κ3) is 4.72. The van der Waals surface area contributed by atoms with Gasteiger partial charge in [-0.15, -0.1) is 0 Å². The first-order valence-electron chi connectivity index (χ1n) is 19.9. The highest BCUT2D eigenvalue weighted by Crippen LogP contribution is 2.53. The largest absolute Gasteiger partial charge is 0.0622 e. The summed E-state index contributed by atoms with van der Waals surface area (Å²) in [5.41, 5.74) is 21.0. The molecule has 0 saturated heterocycles. The molecule has 56 heavy (non-hydrogen) atoms. The molecule has 2 aliphatic carbocycles. The lowest BCUT2D eigenvalue weighted by atomic mass is 9.80. The Bertz CT molecular complexity index is 3010. The van der Waals surface area contributed by atoms with Gasteiger partial charge in [0.25, 0.3) is 0 Å². The fourth-order valence-electron chi connectivity index (χ4n) is 10.2. The van der Waals surface area contributed by atoms with Crippen LogP contribution in [-0.4, -0.2) is 0 Å². The van der Waals surface area contributed by atoms with Gasteiger partial charge in [-0.2, -0.15) is 0 Å². The van der Waals surface area contributed by atoms with Crippen LogP contribution >= 0.6 is 0 Å². The number of hydrogen-bond donors (Lipinski definition) is 0. The zero-order valence-electron chi connectivity index (χ0n) is 32.3. The van der Waals surface area contributed by atoms with E-state index in [9.17, 15) is 0 Å². The molecule has 11 rings (SSSR count). The highest BCUT2D eigenvalue weighted by Gasteiger charge is 2.37. The van der Waals surface area contributed by atoms with Crippen molar-refractivity contribution in [1.82, 2.24) is 0 Å². The normalized spacial score (nSPS) is 14.4. The summed E-state index contributed by atoms with van der Waals surface area (Å²) < 4.78 is 0. The molecular formula is C56H42. The summed E-state index contributed by atoms with van der Waals surface area (Å²) in [6, 6.07) is 68.2. The van der Waals surface area contributed by atoms with Crippen molar-refractivity contribution < 1.29 is 0 Å². The van der Waals surface area contributed by atoms with E-state index in [0.717, 1.165) is 0 Å². The Labute approximate surface area is 329 Å². The molecule has 266 valence electrons. The van der Waals surface area contributed by atoms with Crippen LogP contribution < -0.4 is 0 Å². The van der Waals surface area contributed by atoms with Crippen LogP contribution in [0.3, 0.4) is 0 Å². The predicted octanol–water partition coefficient (Wildman–Crippen LogP) is 15.3. The first kappa shape index (κ1) is 32.9. The van der Waals surface area contributed by atoms with Gasteiger partial charge in [0.1, 0.15) is 0 Å². The van der Waals surface area contributed by atoms with E-state index in [1.807, 2.05) is 0 Å². The Morgan fingerprint density at radius 2 is 0.607 bits per heavy atom. The van der Waals surface area contributed by atoms with Gasteiger partial charge in [0, 0.05) is 10.8 Å². The van der Waals surface area contributed by atoms with E-state index in [-0.39, 0.29) is 10.8 Å². The smallest absolute Gasteiger partial charge is 0.0159 e. The number of rotatable bonds is 4. The van der Waals surface area contributed by atoms with E-state index in [1.165, 1.54) is 111 Å². The van der Waals surface area contributed by atoms with Crippen molar-refractivity contribution >= 4 is 21.5 Å². The van der Waals surface area contributed by atoms with E-state index in [2.05, 4.69) is 210 Å². The summed E-state index contributed by atoms with van der Waals surface area (Å²) in [5, 5.41) is 5.12. The van der Waals surface area contributed by atoms with E-state index in [4.69, 9.17) is 0 Å². The Balaban J connectivity index is 0.990. The van der Waals surface area contributed by atoms with Crippen LogP contribution in [0, 0.1) is 0 Å². The van der Waals surface area contributed by atoms with Gasteiger partial charge in [0.2, 0.25) is 0 Å². The monoisotopic (exact) mass is 714 g/mol. The van der Waals surface area contributed by atoms with Crippen molar-refractivity contribution in [3.05, 3.63) is 204 Å². The average molecular weight is 715 g/mol. The molecule has 0 atom stereocenters. The lowest BCUT2D eigenvalue weighted by Crippen LogP contribution is -2.15. The van der Waals surface area contributed by atoms with Gasteiger partial charge in [0.15, 0.2) is 0 Å². The van der Waals surface area contributed by atoms with Gasteiger partial charge in [-0.25, -0.2) is 0 Å². The summed E-state index contributed by atoms with van der Waals surface area (Å²) >= 11 is 0. The summed E-state index contributed by atoms with van der Waals surface area (Å²) in [4.78, 5) is 0. The summed E-state index contributed by atoms with van der Waals surface area (Å²) in [6.45, 7) is 9.53. The molecule has 0 bridgehead atoms. The van der Waals surface area contributed by atoms with Crippen LogP contribution in [0.25, 0.3) is 88.3 Å². The van der Waals surface area contributed by atoms with Gasteiger partial charge in [-0.3, -0.25) is 0 Å². The predicted molar refractivity (Wildman–Crippen MR) is 238 cm³/mol. The molecule has 0 heterocycles. The van der Waals surface area contributed by atoms with Crippen LogP contribution in [0.2, 0.25) is 0 Å². The molecule has 0 nitrogen and oxygen atoms in total. The Morgan fingerprint density at radius 3 is 1.12 bits per heavy atom. The van der Waals surface area contributed by atoms with E-state index in [0.29, 0.717) is 0 Å². The number of benzene rings is 9. The molecule has 0 radical (unpaired) electrons. The molecule has 0 unspecified atom stereocenters. The molecule has 0 aromatic heterocycles. The van der Waals surface area contributed by atoms with Crippen LogP contribution in [0.1, 0.15) is 49.9 Å². The van der Waals surface area contributed by atoms with Gasteiger partial charge in [-0.05, 0) is 135 Å². The average Bonchev–Trinajstić information content (AvgIpc) is 3.61.